The average molecular weight is 614 g/mol. The fourth-order valence-corrected chi connectivity index (χ4v) is 7.60. The van der Waals surface area contributed by atoms with Crippen LogP contribution in [-0.4, -0.2) is 96.1 Å². The number of hydrogen-bond donors (Lipinski definition) is 4. The highest BCUT2D eigenvalue weighted by atomic mass is 32.2. The molecular weight excluding hydrogens is 562 g/mol. The summed E-state index contributed by atoms with van der Waals surface area (Å²) in [6.07, 6.45) is 9.43. The molecule has 2 aliphatic heterocycles. The Morgan fingerprint density at radius 1 is 1.02 bits per heavy atom. The van der Waals surface area contributed by atoms with Crippen LogP contribution in [0.5, 0.6) is 0 Å². The highest BCUT2D eigenvalue weighted by molar-refractivity contribution is 7.89. The van der Waals surface area contributed by atoms with Crippen LogP contribution in [0.15, 0.2) is 0 Å². The number of aliphatic carboxylic acids is 1. The first-order valence-corrected chi connectivity index (χ1v) is 17.2. The second-order valence-electron chi connectivity index (χ2n) is 13.2. The minimum atomic E-state index is -3.33. The first kappa shape index (κ1) is 34.1. The summed E-state index contributed by atoms with van der Waals surface area (Å²) >= 11 is 0. The van der Waals surface area contributed by atoms with Gasteiger partial charge in [0.15, 0.2) is 0 Å². The highest BCUT2D eigenvalue weighted by Crippen LogP contribution is 2.47. The molecule has 1 saturated carbocycles. The number of nitrogens with zero attached hydrogens (tertiary/aromatic N) is 2. The zero-order valence-corrected chi connectivity index (χ0v) is 26.6. The average Bonchev–Trinajstić information content (AvgIpc) is 3.21. The predicted octanol–water partition coefficient (Wildman–Crippen LogP) is 2.44. The Balaban J connectivity index is 1.49. The van der Waals surface area contributed by atoms with Crippen LogP contribution in [0.25, 0.3) is 0 Å². The molecular formula is C29H51N5O7S. The quantitative estimate of drug-likeness (QED) is 0.206. The lowest BCUT2D eigenvalue weighted by Crippen LogP contribution is -2.56. The third kappa shape index (κ3) is 8.81. The molecule has 240 valence electrons. The molecule has 4 atom stereocenters. The largest absolute Gasteiger partial charge is 0.479 e. The van der Waals surface area contributed by atoms with Crippen LogP contribution in [0, 0.1) is 11.3 Å². The fourth-order valence-electron chi connectivity index (χ4n) is 6.06. The molecule has 0 spiro atoms. The second kappa shape index (κ2) is 14.4. The summed E-state index contributed by atoms with van der Waals surface area (Å²) in [6, 6.07) is -1.86. The van der Waals surface area contributed by atoms with E-state index in [9.17, 15) is 32.7 Å². The van der Waals surface area contributed by atoms with Gasteiger partial charge in [-0.1, -0.05) is 66.2 Å². The summed E-state index contributed by atoms with van der Waals surface area (Å²) < 4.78 is 25.9. The van der Waals surface area contributed by atoms with Gasteiger partial charge in [0.25, 0.3) is 0 Å². The van der Waals surface area contributed by atoms with Crippen LogP contribution in [0.3, 0.4) is 0 Å². The van der Waals surface area contributed by atoms with Crippen molar-refractivity contribution >= 4 is 33.8 Å². The van der Waals surface area contributed by atoms with E-state index in [0.29, 0.717) is 38.8 Å². The molecule has 0 radical (unpaired) electrons. The van der Waals surface area contributed by atoms with Crippen molar-refractivity contribution in [2.45, 2.75) is 116 Å². The number of rotatable bonds is 15. The first-order chi connectivity index (χ1) is 19.7. The van der Waals surface area contributed by atoms with E-state index in [4.69, 9.17) is 0 Å². The molecule has 0 bridgehead atoms. The Hall–Kier alpha value is -2.41. The lowest BCUT2D eigenvalue weighted by Gasteiger charge is -2.34. The monoisotopic (exact) mass is 613 g/mol. The number of likely N-dealkylation sites (tertiary alicyclic amines) is 1. The lowest BCUT2D eigenvalue weighted by molar-refractivity contribution is -0.145. The van der Waals surface area contributed by atoms with E-state index in [1.165, 1.54) is 28.5 Å². The molecule has 4 amide bonds. The van der Waals surface area contributed by atoms with Gasteiger partial charge in [-0.3, -0.25) is 9.59 Å². The van der Waals surface area contributed by atoms with E-state index < -0.39 is 56.9 Å². The van der Waals surface area contributed by atoms with Gasteiger partial charge in [-0.25, -0.2) is 18.0 Å². The number of carboxylic acids is 1. The fraction of sp³-hybridized carbons (Fsp3) is 0.862. The topological polar surface area (TPSA) is 165 Å². The van der Waals surface area contributed by atoms with Gasteiger partial charge in [-0.05, 0) is 43.4 Å². The Kier molecular flexibility index (Phi) is 11.7. The molecule has 0 aromatic carbocycles. The smallest absolute Gasteiger partial charge is 0.329 e. The Morgan fingerprint density at radius 3 is 2.33 bits per heavy atom. The van der Waals surface area contributed by atoms with E-state index >= 15 is 0 Å². The van der Waals surface area contributed by atoms with Crippen molar-refractivity contribution in [1.29, 1.82) is 0 Å². The standard InChI is InChI=1S/C29H51N5O7S/c1-5-6-7-8-9-10-13-21-18-29(21,26(37)38)32-25(36)22-14-11-16-34(22)24(35)19-30-27(39)31-23(28(2,3)4)20-33-15-12-17-42(33,40)41/h21-23H,5-20H2,1-4H3,(H,32,36)(H,37,38)(H2,30,31,39)/t21?,22-,23?,29+/m0/s1. The summed E-state index contributed by atoms with van der Waals surface area (Å²) in [5, 5.41) is 18.1. The van der Waals surface area contributed by atoms with E-state index in [2.05, 4.69) is 22.9 Å². The molecule has 42 heavy (non-hydrogen) atoms. The van der Waals surface area contributed by atoms with Gasteiger partial charge < -0.3 is 26.0 Å². The van der Waals surface area contributed by atoms with Crippen molar-refractivity contribution in [1.82, 2.24) is 25.2 Å². The summed E-state index contributed by atoms with van der Waals surface area (Å²) in [6.45, 7) is 8.45. The minimum Gasteiger partial charge on any atom is -0.479 e. The molecule has 0 aromatic heterocycles. The third-order valence-electron chi connectivity index (χ3n) is 8.96. The predicted molar refractivity (Wildman–Crippen MR) is 159 cm³/mol. The molecule has 3 aliphatic rings. The molecule has 2 heterocycles. The first-order valence-electron chi connectivity index (χ1n) is 15.6. The summed E-state index contributed by atoms with van der Waals surface area (Å²) in [7, 11) is -3.33. The maximum absolute atomic E-state index is 13.2. The van der Waals surface area contributed by atoms with Crippen molar-refractivity contribution in [2.75, 3.05) is 31.9 Å². The number of hydrogen-bond acceptors (Lipinski definition) is 6. The molecule has 1 aliphatic carbocycles. The SMILES string of the molecule is CCCCCCCCC1C[C@]1(NC(=O)[C@@H]1CCCN1C(=O)CNC(=O)NC(CN1CCCS1(=O)=O)C(C)(C)C)C(=O)O. The zero-order chi connectivity index (χ0) is 31.1. The van der Waals surface area contributed by atoms with Gasteiger partial charge in [0.1, 0.15) is 11.6 Å². The van der Waals surface area contributed by atoms with E-state index in [1.54, 1.807) is 0 Å². The van der Waals surface area contributed by atoms with Crippen LogP contribution < -0.4 is 16.0 Å². The molecule has 2 saturated heterocycles. The van der Waals surface area contributed by atoms with Gasteiger partial charge in [0, 0.05) is 25.7 Å². The van der Waals surface area contributed by atoms with Crippen molar-refractivity contribution in [2.24, 2.45) is 11.3 Å². The van der Waals surface area contributed by atoms with Crippen molar-refractivity contribution in [3.8, 4) is 0 Å². The summed E-state index contributed by atoms with van der Waals surface area (Å²) in [5.74, 6) is -1.93. The number of nitrogens with one attached hydrogen (secondary N) is 3. The molecule has 0 aromatic rings. The minimum absolute atomic E-state index is 0.0997. The number of urea groups is 1. The molecule has 4 N–H and O–H groups in total. The number of sulfonamides is 1. The molecule has 12 nitrogen and oxygen atoms in total. The molecule has 3 rings (SSSR count). The normalized spacial score (nSPS) is 26.0. The molecule has 3 fully saturated rings. The van der Waals surface area contributed by atoms with Gasteiger partial charge >= 0.3 is 12.0 Å². The highest BCUT2D eigenvalue weighted by Gasteiger charge is 2.61. The van der Waals surface area contributed by atoms with Crippen LogP contribution in [-0.2, 0) is 24.4 Å². The van der Waals surface area contributed by atoms with Crippen LogP contribution in [0.2, 0.25) is 0 Å². The number of carbonyl (C=O) groups is 4. The van der Waals surface area contributed by atoms with Crippen molar-refractivity contribution in [3.63, 3.8) is 0 Å². The summed E-state index contributed by atoms with van der Waals surface area (Å²) in [5.41, 5.74) is -1.70. The van der Waals surface area contributed by atoms with Crippen LogP contribution >= 0.6 is 0 Å². The van der Waals surface area contributed by atoms with Gasteiger partial charge in [0.2, 0.25) is 21.8 Å². The lowest BCUT2D eigenvalue weighted by atomic mass is 9.86. The van der Waals surface area contributed by atoms with E-state index in [-0.39, 0.29) is 24.8 Å². The van der Waals surface area contributed by atoms with Gasteiger partial charge in [0.05, 0.1) is 12.3 Å². The van der Waals surface area contributed by atoms with E-state index in [1.807, 2.05) is 20.8 Å². The van der Waals surface area contributed by atoms with E-state index in [0.717, 1.165) is 25.7 Å². The number of carboxylic acid groups (broad SMARTS) is 1. The molecule has 13 heteroatoms. The van der Waals surface area contributed by atoms with Crippen molar-refractivity contribution < 1.29 is 32.7 Å². The van der Waals surface area contributed by atoms with Gasteiger partial charge in [-0.2, -0.15) is 4.31 Å². The second-order valence-corrected chi connectivity index (χ2v) is 15.3. The Bertz CT molecular complexity index is 1090. The van der Waals surface area contributed by atoms with Gasteiger partial charge in [-0.15, -0.1) is 0 Å². The molecule has 2 unspecified atom stereocenters. The Labute approximate surface area is 250 Å². The van der Waals surface area contributed by atoms with Crippen LogP contribution in [0.4, 0.5) is 4.79 Å². The number of carbonyl (C=O) groups excluding carboxylic acids is 3. The third-order valence-corrected chi connectivity index (χ3v) is 10.9. The zero-order valence-electron chi connectivity index (χ0n) is 25.7. The number of amides is 4. The van der Waals surface area contributed by atoms with Crippen LogP contribution in [0.1, 0.15) is 98.3 Å². The summed E-state index contributed by atoms with van der Waals surface area (Å²) in [4.78, 5) is 52.5. The maximum atomic E-state index is 13.2. The van der Waals surface area contributed by atoms with Crippen molar-refractivity contribution in [3.05, 3.63) is 0 Å². The Morgan fingerprint density at radius 2 is 1.71 bits per heavy atom. The maximum Gasteiger partial charge on any atom is 0.329 e. The number of unbranched alkanes of at least 4 members (excludes halogenated alkanes) is 5.